The summed E-state index contributed by atoms with van der Waals surface area (Å²) in [6, 6.07) is 17.7. The van der Waals surface area contributed by atoms with Crippen molar-refractivity contribution < 1.29 is 4.79 Å². The molecule has 0 aliphatic carbocycles. The van der Waals surface area contributed by atoms with E-state index in [1.807, 2.05) is 55.5 Å². The molecule has 5 nitrogen and oxygen atoms in total. The van der Waals surface area contributed by atoms with Crippen LogP contribution in [0, 0.1) is 6.92 Å². The van der Waals surface area contributed by atoms with Crippen LogP contribution in [0.25, 0.3) is 11.3 Å². The number of carbonyl (C=O) groups excluding carboxylic acids is 1. The van der Waals surface area contributed by atoms with Crippen molar-refractivity contribution in [1.82, 2.24) is 15.2 Å². The van der Waals surface area contributed by atoms with Crippen molar-refractivity contribution in [3.05, 3.63) is 75.9 Å². The molecule has 1 aliphatic heterocycles. The van der Waals surface area contributed by atoms with Gasteiger partial charge in [0.2, 0.25) is 0 Å². The number of carbonyl (C=O) groups is 1. The lowest BCUT2D eigenvalue weighted by Gasteiger charge is -2.36. The second-order valence-electron chi connectivity index (χ2n) is 7.75. The Balaban J connectivity index is 0.00000289. The molecule has 4 rings (SSSR count). The number of nitrogens with one attached hydrogen (secondary N) is 2. The highest BCUT2D eigenvalue weighted by molar-refractivity contribution is 6.43. The predicted octanol–water partition coefficient (Wildman–Crippen LogP) is 5.27. The Morgan fingerprint density at radius 1 is 1.03 bits per heavy atom. The molecule has 0 radical (unpaired) electrons. The van der Waals surface area contributed by atoms with Gasteiger partial charge in [0, 0.05) is 50.7 Å². The van der Waals surface area contributed by atoms with Gasteiger partial charge in [-0.05, 0) is 30.7 Å². The zero-order chi connectivity index (χ0) is 21.8. The van der Waals surface area contributed by atoms with Gasteiger partial charge in [-0.2, -0.15) is 0 Å². The second-order valence-corrected chi connectivity index (χ2v) is 8.53. The number of benzene rings is 2. The first kappa shape index (κ1) is 24.5. The summed E-state index contributed by atoms with van der Waals surface area (Å²) in [6.45, 7) is 6.96. The smallest absolute Gasteiger partial charge is 0.253 e. The predicted molar refractivity (Wildman–Crippen MR) is 136 cm³/mol. The fraction of sp³-hybridized carbons (Fsp3) is 0.292. The molecule has 0 bridgehead atoms. The molecule has 8 heteroatoms. The molecule has 0 spiro atoms. The molecule has 0 unspecified atom stereocenters. The number of aryl methyl sites for hydroxylation is 1. The number of rotatable bonds is 6. The molecule has 1 aromatic heterocycles. The number of amides is 1. The number of hydrogen-bond acceptors (Lipinski definition) is 3. The van der Waals surface area contributed by atoms with Crippen LogP contribution in [0.5, 0.6) is 0 Å². The number of hydrogen-bond donors (Lipinski definition) is 2. The fourth-order valence-corrected chi connectivity index (χ4v) is 4.35. The summed E-state index contributed by atoms with van der Waals surface area (Å²) in [6.07, 6.45) is 0. The van der Waals surface area contributed by atoms with Gasteiger partial charge < -0.3 is 15.2 Å². The van der Waals surface area contributed by atoms with E-state index < -0.39 is 0 Å². The van der Waals surface area contributed by atoms with E-state index >= 15 is 0 Å². The highest BCUT2D eigenvalue weighted by Crippen LogP contribution is 2.32. The number of nitrogens with zero attached hydrogens (tertiary/aromatic N) is 2. The summed E-state index contributed by atoms with van der Waals surface area (Å²) in [4.78, 5) is 20.6. The van der Waals surface area contributed by atoms with Crippen LogP contribution in [-0.4, -0.2) is 55.1 Å². The van der Waals surface area contributed by atoms with Crippen LogP contribution in [-0.2, 0) is 0 Å². The molecular weight excluding hydrogens is 467 g/mol. The summed E-state index contributed by atoms with van der Waals surface area (Å²) in [5.74, 6) is -0.0414. The van der Waals surface area contributed by atoms with Crippen LogP contribution < -0.4 is 10.2 Å². The lowest BCUT2D eigenvalue weighted by Crippen LogP contribution is -2.48. The molecule has 32 heavy (non-hydrogen) atoms. The monoisotopic (exact) mass is 492 g/mol. The fourth-order valence-electron chi connectivity index (χ4n) is 3.94. The topological polar surface area (TPSA) is 51.4 Å². The van der Waals surface area contributed by atoms with Crippen LogP contribution in [0.15, 0.2) is 54.6 Å². The summed E-state index contributed by atoms with van der Waals surface area (Å²) >= 11 is 12.5. The minimum Gasteiger partial charge on any atom is -0.368 e. The molecule has 1 fully saturated rings. The maximum atomic E-state index is 12.7. The van der Waals surface area contributed by atoms with Crippen molar-refractivity contribution in [3.63, 3.8) is 0 Å². The SMILES string of the molecule is Cc1[nH]c(-c2ccccc2)cc1C(=O)NCCN1CCN(c2cccc(Cl)c2Cl)CC1.Cl. The third-order valence-corrected chi connectivity index (χ3v) is 6.51. The second kappa shape index (κ2) is 11.1. The number of aromatic nitrogens is 1. The zero-order valence-electron chi connectivity index (χ0n) is 17.9. The van der Waals surface area contributed by atoms with Gasteiger partial charge in [-0.25, -0.2) is 0 Å². The molecular formula is C24H27Cl3N4O. The first-order valence-corrected chi connectivity index (χ1v) is 11.2. The van der Waals surface area contributed by atoms with Gasteiger partial charge >= 0.3 is 0 Å². The van der Waals surface area contributed by atoms with E-state index in [-0.39, 0.29) is 18.3 Å². The quantitative estimate of drug-likeness (QED) is 0.492. The van der Waals surface area contributed by atoms with E-state index in [4.69, 9.17) is 23.2 Å². The van der Waals surface area contributed by atoms with Gasteiger partial charge in [-0.15, -0.1) is 12.4 Å². The largest absolute Gasteiger partial charge is 0.368 e. The van der Waals surface area contributed by atoms with Gasteiger partial charge in [-0.1, -0.05) is 59.6 Å². The minimum atomic E-state index is -0.0414. The van der Waals surface area contributed by atoms with E-state index in [0.717, 1.165) is 55.4 Å². The molecule has 2 heterocycles. The van der Waals surface area contributed by atoms with Crippen molar-refractivity contribution >= 4 is 47.2 Å². The van der Waals surface area contributed by atoms with E-state index in [9.17, 15) is 4.79 Å². The Morgan fingerprint density at radius 3 is 2.47 bits per heavy atom. The van der Waals surface area contributed by atoms with Gasteiger partial charge in [0.15, 0.2) is 0 Å². The van der Waals surface area contributed by atoms with Crippen LogP contribution in [0.3, 0.4) is 0 Å². The molecule has 1 saturated heterocycles. The third kappa shape index (κ3) is 5.59. The van der Waals surface area contributed by atoms with Gasteiger partial charge in [-0.3, -0.25) is 9.69 Å². The first-order chi connectivity index (χ1) is 15.0. The van der Waals surface area contributed by atoms with Crippen molar-refractivity contribution in [2.45, 2.75) is 6.92 Å². The summed E-state index contributed by atoms with van der Waals surface area (Å²) in [5, 5.41) is 4.25. The lowest BCUT2D eigenvalue weighted by molar-refractivity contribution is 0.0947. The normalized spacial score (nSPS) is 14.2. The number of halogens is 3. The Kier molecular flexibility index (Phi) is 8.49. The van der Waals surface area contributed by atoms with Crippen molar-refractivity contribution in [2.75, 3.05) is 44.2 Å². The Bertz CT molecular complexity index is 1050. The van der Waals surface area contributed by atoms with Crippen LogP contribution in [0.1, 0.15) is 16.1 Å². The first-order valence-electron chi connectivity index (χ1n) is 10.5. The molecule has 3 aromatic rings. The maximum absolute atomic E-state index is 12.7. The number of piperazine rings is 1. The number of anilines is 1. The third-order valence-electron chi connectivity index (χ3n) is 5.70. The van der Waals surface area contributed by atoms with Gasteiger partial charge in [0.25, 0.3) is 5.91 Å². The Hall–Kier alpha value is -2.18. The van der Waals surface area contributed by atoms with Gasteiger partial charge in [0.05, 0.1) is 21.3 Å². The summed E-state index contributed by atoms with van der Waals surface area (Å²) < 4.78 is 0. The number of aromatic amines is 1. The molecule has 1 amide bonds. The molecule has 0 atom stereocenters. The summed E-state index contributed by atoms with van der Waals surface area (Å²) in [7, 11) is 0. The van der Waals surface area contributed by atoms with Crippen molar-refractivity contribution in [2.24, 2.45) is 0 Å². The van der Waals surface area contributed by atoms with Crippen LogP contribution in [0.4, 0.5) is 5.69 Å². The van der Waals surface area contributed by atoms with E-state index in [0.29, 0.717) is 22.2 Å². The average Bonchev–Trinajstić information content (AvgIpc) is 3.18. The Labute approximate surface area is 205 Å². The van der Waals surface area contributed by atoms with Crippen LogP contribution >= 0.6 is 35.6 Å². The van der Waals surface area contributed by atoms with Crippen molar-refractivity contribution in [1.29, 1.82) is 0 Å². The molecule has 1 aliphatic rings. The molecule has 170 valence electrons. The standard InChI is InChI=1S/C24H26Cl2N4O.ClH/c1-17-19(16-21(28-17)18-6-3-2-4-7-18)24(31)27-10-11-29-12-14-30(15-13-29)22-9-5-8-20(25)23(22)26;/h2-9,16,28H,10-15H2,1H3,(H,27,31);1H. The lowest BCUT2D eigenvalue weighted by atomic mass is 10.1. The average molecular weight is 494 g/mol. The van der Waals surface area contributed by atoms with Gasteiger partial charge in [0.1, 0.15) is 0 Å². The summed E-state index contributed by atoms with van der Waals surface area (Å²) in [5.41, 5.74) is 4.59. The van der Waals surface area contributed by atoms with E-state index in [2.05, 4.69) is 20.1 Å². The van der Waals surface area contributed by atoms with Crippen molar-refractivity contribution in [3.8, 4) is 11.3 Å². The molecule has 0 saturated carbocycles. The highest BCUT2D eigenvalue weighted by Gasteiger charge is 2.20. The van der Waals surface area contributed by atoms with E-state index in [1.165, 1.54) is 0 Å². The molecule has 2 aromatic carbocycles. The Morgan fingerprint density at radius 2 is 1.75 bits per heavy atom. The zero-order valence-corrected chi connectivity index (χ0v) is 20.2. The minimum absolute atomic E-state index is 0. The van der Waals surface area contributed by atoms with Crippen LogP contribution in [0.2, 0.25) is 10.0 Å². The maximum Gasteiger partial charge on any atom is 0.253 e. The van der Waals surface area contributed by atoms with E-state index in [1.54, 1.807) is 6.07 Å². The highest BCUT2D eigenvalue weighted by atomic mass is 35.5. The molecule has 2 N–H and O–H groups in total. The number of H-pyrrole nitrogens is 1.